The van der Waals surface area contributed by atoms with E-state index in [9.17, 15) is 4.79 Å². The van der Waals surface area contributed by atoms with Crippen molar-refractivity contribution in [2.45, 2.75) is 39.2 Å². The molecule has 1 fully saturated rings. The van der Waals surface area contributed by atoms with Gasteiger partial charge in [0.2, 0.25) is 0 Å². The number of nitrogens with zero attached hydrogens (tertiary/aromatic N) is 2. The van der Waals surface area contributed by atoms with Crippen LogP contribution in [-0.4, -0.2) is 41.5 Å². The lowest BCUT2D eigenvalue weighted by atomic mass is 10.0. The molecule has 2 heterocycles. The number of likely N-dealkylation sites (tertiary alicyclic amines) is 1. The van der Waals surface area contributed by atoms with Crippen molar-refractivity contribution >= 4 is 5.91 Å². The number of pyridine rings is 1. The van der Waals surface area contributed by atoms with Gasteiger partial charge < -0.3 is 10.2 Å². The molecule has 0 atom stereocenters. The number of carbonyl (C=O) groups excluding carboxylic acids is 1. The molecule has 0 radical (unpaired) electrons. The summed E-state index contributed by atoms with van der Waals surface area (Å²) in [6.45, 7) is 6.86. The molecule has 1 saturated heterocycles. The van der Waals surface area contributed by atoms with Gasteiger partial charge in [0, 0.05) is 31.0 Å². The maximum Gasteiger partial charge on any atom is 0.255 e. The Labute approximate surface area is 115 Å². The van der Waals surface area contributed by atoms with Crippen LogP contribution in [0.25, 0.3) is 0 Å². The largest absolute Gasteiger partial charge is 0.338 e. The lowest BCUT2D eigenvalue weighted by Crippen LogP contribution is -2.45. The number of amides is 1. The lowest BCUT2D eigenvalue weighted by Gasteiger charge is -2.32. The van der Waals surface area contributed by atoms with E-state index in [1.807, 2.05) is 24.0 Å². The van der Waals surface area contributed by atoms with Crippen LogP contribution in [0.2, 0.25) is 0 Å². The number of carbonyl (C=O) groups is 1. The maximum absolute atomic E-state index is 12.3. The van der Waals surface area contributed by atoms with Crippen LogP contribution in [0.1, 0.15) is 42.2 Å². The third kappa shape index (κ3) is 3.77. The van der Waals surface area contributed by atoms with E-state index >= 15 is 0 Å². The minimum atomic E-state index is 0.112. The van der Waals surface area contributed by atoms with Gasteiger partial charge in [-0.25, -0.2) is 0 Å². The van der Waals surface area contributed by atoms with Crippen LogP contribution in [0.15, 0.2) is 18.3 Å². The Bertz CT molecular complexity index is 408. The van der Waals surface area contributed by atoms with Gasteiger partial charge in [0.15, 0.2) is 0 Å². The highest BCUT2D eigenvalue weighted by Crippen LogP contribution is 2.13. The van der Waals surface area contributed by atoms with E-state index in [2.05, 4.69) is 17.2 Å². The molecule has 0 saturated carbocycles. The zero-order valence-electron chi connectivity index (χ0n) is 11.9. The molecule has 1 aromatic rings. The van der Waals surface area contributed by atoms with Gasteiger partial charge in [-0.3, -0.25) is 9.78 Å². The molecule has 1 N–H and O–H groups in total. The zero-order valence-corrected chi connectivity index (χ0v) is 11.9. The van der Waals surface area contributed by atoms with Gasteiger partial charge in [-0.1, -0.05) is 6.92 Å². The minimum Gasteiger partial charge on any atom is -0.338 e. The van der Waals surface area contributed by atoms with Crippen molar-refractivity contribution < 1.29 is 4.79 Å². The molecule has 1 amide bonds. The predicted octanol–water partition coefficient (Wildman–Crippen LogP) is 1.99. The second kappa shape index (κ2) is 6.66. The molecule has 1 aromatic heterocycles. The third-order valence-electron chi connectivity index (χ3n) is 3.62. The van der Waals surface area contributed by atoms with E-state index < -0.39 is 0 Å². The van der Waals surface area contributed by atoms with E-state index in [-0.39, 0.29) is 5.91 Å². The van der Waals surface area contributed by atoms with Gasteiger partial charge >= 0.3 is 0 Å². The summed E-state index contributed by atoms with van der Waals surface area (Å²) in [6, 6.07) is 4.33. The molecule has 0 aromatic carbocycles. The topological polar surface area (TPSA) is 45.2 Å². The first-order chi connectivity index (χ1) is 9.20. The Morgan fingerprint density at radius 3 is 2.74 bits per heavy atom. The maximum atomic E-state index is 12.3. The number of hydrogen-bond donors (Lipinski definition) is 1. The quantitative estimate of drug-likeness (QED) is 0.901. The second-order valence-electron chi connectivity index (χ2n) is 5.21. The molecule has 0 spiro atoms. The molecule has 0 aliphatic carbocycles. The van der Waals surface area contributed by atoms with Crippen LogP contribution in [0.3, 0.4) is 0 Å². The average molecular weight is 261 g/mol. The highest BCUT2D eigenvalue weighted by Gasteiger charge is 2.23. The number of hydrogen-bond acceptors (Lipinski definition) is 3. The summed E-state index contributed by atoms with van der Waals surface area (Å²) in [5.41, 5.74) is 1.64. The number of rotatable bonds is 4. The first kappa shape index (κ1) is 14.0. The van der Waals surface area contributed by atoms with Gasteiger partial charge in [0.05, 0.1) is 5.56 Å². The molecular weight excluding hydrogens is 238 g/mol. The van der Waals surface area contributed by atoms with Crippen molar-refractivity contribution in [1.29, 1.82) is 0 Å². The minimum absolute atomic E-state index is 0.112. The van der Waals surface area contributed by atoms with Crippen LogP contribution in [-0.2, 0) is 0 Å². The number of aromatic nitrogens is 1. The Kier molecular flexibility index (Phi) is 4.91. The number of aryl methyl sites for hydroxylation is 1. The summed E-state index contributed by atoms with van der Waals surface area (Å²) in [5, 5.41) is 3.53. The molecule has 1 aliphatic heterocycles. The Balaban J connectivity index is 1.87. The number of piperidine rings is 1. The van der Waals surface area contributed by atoms with Crippen LogP contribution in [0.5, 0.6) is 0 Å². The standard InChI is InChI=1S/C15H23N3O/c1-3-8-16-14-6-9-18(10-7-14)15(19)13-5-4-12(2)17-11-13/h4-5,11,14,16H,3,6-10H2,1-2H3. The number of nitrogens with one attached hydrogen (secondary N) is 1. The van der Waals surface area contributed by atoms with Gasteiger partial charge in [-0.05, 0) is 44.9 Å². The fourth-order valence-corrected chi connectivity index (χ4v) is 2.41. The van der Waals surface area contributed by atoms with E-state index in [1.165, 1.54) is 0 Å². The molecule has 1 aliphatic rings. The van der Waals surface area contributed by atoms with Gasteiger partial charge in [-0.2, -0.15) is 0 Å². The highest BCUT2D eigenvalue weighted by molar-refractivity contribution is 5.93. The second-order valence-corrected chi connectivity index (χ2v) is 5.21. The first-order valence-electron chi connectivity index (χ1n) is 7.16. The smallest absolute Gasteiger partial charge is 0.255 e. The SMILES string of the molecule is CCCNC1CCN(C(=O)c2ccc(C)nc2)CC1. The summed E-state index contributed by atoms with van der Waals surface area (Å²) in [7, 11) is 0. The fourth-order valence-electron chi connectivity index (χ4n) is 2.41. The van der Waals surface area contributed by atoms with Gasteiger partial charge in [0.25, 0.3) is 5.91 Å². The summed E-state index contributed by atoms with van der Waals surface area (Å²) < 4.78 is 0. The summed E-state index contributed by atoms with van der Waals surface area (Å²) >= 11 is 0. The monoisotopic (exact) mass is 261 g/mol. The summed E-state index contributed by atoms with van der Waals surface area (Å²) in [5.74, 6) is 0.112. The molecule has 4 nitrogen and oxygen atoms in total. The zero-order chi connectivity index (χ0) is 13.7. The molecular formula is C15H23N3O. The first-order valence-corrected chi connectivity index (χ1v) is 7.16. The molecule has 19 heavy (non-hydrogen) atoms. The normalized spacial score (nSPS) is 16.6. The van der Waals surface area contributed by atoms with Crippen molar-refractivity contribution in [3.05, 3.63) is 29.6 Å². The van der Waals surface area contributed by atoms with Crippen LogP contribution in [0, 0.1) is 6.92 Å². The molecule has 0 unspecified atom stereocenters. The molecule has 2 rings (SSSR count). The average Bonchev–Trinajstić information content (AvgIpc) is 2.46. The van der Waals surface area contributed by atoms with Crippen LogP contribution in [0.4, 0.5) is 0 Å². The highest BCUT2D eigenvalue weighted by atomic mass is 16.2. The Morgan fingerprint density at radius 2 is 2.16 bits per heavy atom. The van der Waals surface area contributed by atoms with Gasteiger partial charge in [-0.15, -0.1) is 0 Å². The molecule has 104 valence electrons. The van der Waals surface area contributed by atoms with Crippen molar-refractivity contribution in [3.8, 4) is 0 Å². The summed E-state index contributed by atoms with van der Waals surface area (Å²) in [4.78, 5) is 18.4. The Morgan fingerprint density at radius 1 is 1.42 bits per heavy atom. The van der Waals surface area contributed by atoms with E-state index in [0.717, 1.165) is 44.6 Å². The van der Waals surface area contributed by atoms with Crippen LogP contribution >= 0.6 is 0 Å². The Hall–Kier alpha value is -1.42. The van der Waals surface area contributed by atoms with Crippen LogP contribution < -0.4 is 5.32 Å². The van der Waals surface area contributed by atoms with Crippen molar-refractivity contribution in [2.75, 3.05) is 19.6 Å². The van der Waals surface area contributed by atoms with E-state index in [4.69, 9.17) is 0 Å². The molecule has 0 bridgehead atoms. The van der Waals surface area contributed by atoms with Crippen molar-refractivity contribution in [1.82, 2.24) is 15.2 Å². The molecule has 4 heteroatoms. The fraction of sp³-hybridized carbons (Fsp3) is 0.600. The third-order valence-corrected chi connectivity index (χ3v) is 3.62. The summed E-state index contributed by atoms with van der Waals surface area (Å²) in [6.07, 6.45) is 4.93. The van der Waals surface area contributed by atoms with Gasteiger partial charge in [0.1, 0.15) is 0 Å². The predicted molar refractivity (Wildman–Crippen MR) is 76.2 cm³/mol. The van der Waals surface area contributed by atoms with E-state index in [1.54, 1.807) is 6.20 Å². The van der Waals surface area contributed by atoms with Crippen molar-refractivity contribution in [2.24, 2.45) is 0 Å². The van der Waals surface area contributed by atoms with E-state index in [0.29, 0.717) is 11.6 Å². The lowest BCUT2D eigenvalue weighted by molar-refractivity contribution is 0.0705. The van der Waals surface area contributed by atoms with Crippen molar-refractivity contribution in [3.63, 3.8) is 0 Å².